The van der Waals surface area contributed by atoms with Gasteiger partial charge in [-0.25, -0.2) is 0 Å². The van der Waals surface area contributed by atoms with Gasteiger partial charge in [-0.15, -0.1) is 0 Å². The molecule has 0 amide bonds. The Morgan fingerprint density at radius 2 is 1.35 bits per heavy atom. The predicted octanol–water partition coefficient (Wildman–Crippen LogP) is 2.76. The minimum Gasteiger partial charge on any atom is -1.00 e. The van der Waals surface area contributed by atoms with Crippen molar-refractivity contribution in [1.29, 1.82) is 0 Å². The Morgan fingerprint density at radius 3 is 1.76 bits per heavy atom. The van der Waals surface area contributed by atoms with Crippen molar-refractivity contribution >= 4 is 60.8 Å². The Kier molecular flexibility index (Phi) is 15.1. The number of unbranched alkanes of at least 4 members (excludes halogenated alkanes) is 6. The second kappa shape index (κ2) is 13.0. The summed E-state index contributed by atoms with van der Waals surface area (Å²) in [5.41, 5.74) is 0. The Bertz CT molecular complexity index is 214. The Labute approximate surface area is 146 Å². The molecule has 0 bridgehead atoms. The van der Waals surface area contributed by atoms with Crippen molar-refractivity contribution in [2.75, 3.05) is 0 Å². The molecule has 0 aromatic rings. The third-order valence-corrected chi connectivity index (χ3v) is 2.69. The molecule has 5 heteroatoms. The molecule has 0 unspecified atom stereocenters. The van der Waals surface area contributed by atoms with Crippen LogP contribution >= 0.6 is 0 Å². The first-order valence-electron chi connectivity index (χ1n) is 6.05. The molecule has 4 nitrogen and oxygen atoms in total. The molecule has 2 N–H and O–H groups in total. The van der Waals surface area contributed by atoms with Gasteiger partial charge in [-0.3, -0.25) is 9.59 Å². The SMILES string of the molecule is CCCCCCCCCC(C(=O)O)C(=O)O.[Ba+2].[H-].[H-]. The predicted molar refractivity (Wildman–Crippen MR) is 69.3 cm³/mol. The summed E-state index contributed by atoms with van der Waals surface area (Å²) in [6.45, 7) is 2.16. The molecule has 0 heterocycles. The molecule has 0 spiro atoms. The van der Waals surface area contributed by atoms with Crippen LogP contribution in [0, 0.1) is 5.92 Å². The van der Waals surface area contributed by atoms with Gasteiger partial charge in [0, 0.05) is 0 Å². The Balaban J connectivity index is -0.000000375. The van der Waals surface area contributed by atoms with Gasteiger partial charge >= 0.3 is 60.8 Å². The maximum Gasteiger partial charge on any atom is 2.00 e. The molecule has 17 heavy (non-hydrogen) atoms. The van der Waals surface area contributed by atoms with Crippen LogP contribution in [0.5, 0.6) is 0 Å². The second-order valence-electron chi connectivity index (χ2n) is 4.14. The van der Waals surface area contributed by atoms with Crippen molar-refractivity contribution in [3.63, 3.8) is 0 Å². The van der Waals surface area contributed by atoms with Gasteiger partial charge in [0.1, 0.15) is 0 Å². The fraction of sp³-hybridized carbons (Fsp3) is 0.833. The van der Waals surface area contributed by atoms with Crippen LogP contribution in [-0.2, 0) is 9.59 Å². The molecular formula is C12H24BaO4. The van der Waals surface area contributed by atoms with Gasteiger partial charge in [-0.05, 0) is 6.42 Å². The van der Waals surface area contributed by atoms with E-state index in [0.29, 0.717) is 6.42 Å². The summed E-state index contributed by atoms with van der Waals surface area (Å²) in [7, 11) is 0. The van der Waals surface area contributed by atoms with Gasteiger partial charge in [0.15, 0.2) is 5.92 Å². The number of hydrogen-bond acceptors (Lipinski definition) is 2. The van der Waals surface area contributed by atoms with Crippen LogP contribution in [0.1, 0.15) is 61.1 Å². The molecule has 0 atom stereocenters. The minimum absolute atomic E-state index is 0. The molecule has 0 fully saturated rings. The molecule has 0 saturated carbocycles. The van der Waals surface area contributed by atoms with Crippen molar-refractivity contribution in [1.82, 2.24) is 0 Å². The van der Waals surface area contributed by atoms with Gasteiger partial charge in [0.2, 0.25) is 0 Å². The zero-order valence-electron chi connectivity index (χ0n) is 12.7. The average Bonchev–Trinajstić information content (AvgIpc) is 2.21. The van der Waals surface area contributed by atoms with Crippen molar-refractivity contribution in [3.05, 3.63) is 0 Å². The van der Waals surface area contributed by atoms with Gasteiger partial charge in [-0.2, -0.15) is 0 Å². The standard InChI is InChI=1S/C12H22O4.Ba.2H/c1-2-3-4-5-6-7-8-9-10(11(13)14)12(15)16;;;/h10H,2-9H2,1H3,(H,13,14)(H,15,16);;;/q;+2;2*-1. The van der Waals surface area contributed by atoms with Crippen LogP contribution in [0.15, 0.2) is 0 Å². The molecule has 98 valence electrons. The molecule has 0 aliphatic heterocycles. The smallest absolute Gasteiger partial charge is 1.00 e. The van der Waals surface area contributed by atoms with Crippen molar-refractivity contribution in [3.8, 4) is 0 Å². The minimum atomic E-state index is -1.23. The second-order valence-corrected chi connectivity index (χ2v) is 4.14. The first kappa shape index (κ1) is 19.8. The summed E-state index contributed by atoms with van der Waals surface area (Å²) in [5, 5.41) is 17.3. The van der Waals surface area contributed by atoms with E-state index in [0.717, 1.165) is 12.8 Å². The monoisotopic (exact) mass is 370 g/mol. The summed E-state index contributed by atoms with van der Waals surface area (Å²) in [6, 6.07) is 0. The molecule has 0 saturated heterocycles. The largest absolute Gasteiger partial charge is 2.00 e. The van der Waals surface area contributed by atoms with Crippen LogP contribution in [0.4, 0.5) is 0 Å². The van der Waals surface area contributed by atoms with E-state index in [9.17, 15) is 9.59 Å². The van der Waals surface area contributed by atoms with Gasteiger partial charge in [0.05, 0.1) is 0 Å². The molecule has 0 aromatic carbocycles. The van der Waals surface area contributed by atoms with E-state index in [4.69, 9.17) is 10.2 Å². The zero-order valence-corrected chi connectivity index (χ0v) is 15.1. The fourth-order valence-corrected chi connectivity index (χ4v) is 1.66. The van der Waals surface area contributed by atoms with Crippen LogP contribution in [0.25, 0.3) is 0 Å². The van der Waals surface area contributed by atoms with E-state index >= 15 is 0 Å². The van der Waals surface area contributed by atoms with E-state index in [1.54, 1.807) is 0 Å². The van der Waals surface area contributed by atoms with E-state index in [-0.39, 0.29) is 58.2 Å². The van der Waals surface area contributed by atoms with Crippen molar-refractivity contribution < 1.29 is 22.7 Å². The molecule has 0 aromatic heterocycles. The molecule has 0 rings (SSSR count). The van der Waals surface area contributed by atoms with Crippen LogP contribution in [0.3, 0.4) is 0 Å². The molecule has 0 radical (unpaired) electrons. The topological polar surface area (TPSA) is 74.6 Å². The average molecular weight is 370 g/mol. The van der Waals surface area contributed by atoms with Gasteiger partial charge < -0.3 is 13.1 Å². The number of rotatable bonds is 10. The van der Waals surface area contributed by atoms with Gasteiger partial charge in [0.25, 0.3) is 0 Å². The van der Waals surface area contributed by atoms with Crippen LogP contribution in [0.2, 0.25) is 0 Å². The Morgan fingerprint density at radius 1 is 0.941 bits per heavy atom. The number of carbonyl (C=O) groups is 2. The maximum absolute atomic E-state index is 10.6. The van der Waals surface area contributed by atoms with E-state index < -0.39 is 17.9 Å². The quantitative estimate of drug-likeness (QED) is 0.353. The summed E-state index contributed by atoms with van der Waals surface area (Å²) >= 11 is 0. The summed E-state index contributed by atoms with van der Waals surface area (Å²) in [4.78, 5) is 21.1. The van der Waals surface area contributed by atoms with Crippen molar-refractivity contribution in [2.24, 2.45) is 5.92 Å². The van der Waals surface area contributed by atoms with Gasteiger partial charge in [-0.1, -0.05) is 51.9 Å². The summed E-state index contributed by atoms with van der Waals surface area (Å²) in [6.07, 6.45) is 7.78. The van der Waals surface area contributed by atoms with E-state index in [1.807, 2.05) is 0 Å². The zero-order chi connectivity index (χ0) is 12.4. The van der Waals surface area contributed by atoms with E-state index in [1.165, 1.54) is 25.7 Å². The Hall–Kier alpha value is 0.511. The number of aliphatic carboxylic acids is 2. The molecule has 0 aliphatic carbocycles. The third kappa shape index (κ3) is 11.3. The fourth-order valence-electron chi connectivity index (χ4n) is 1.66. The maximum atomic E-state index is 10.6. The summed E-state index contributed by atoms with van der Waals surface area (Å²) in [5.74, 6) is -3.67. The summed E-state index contributed by atoms with van der Waals surface area (Å²) < 4.78 is 0. The van der Waals surface area contributed by atoms with Crippen LogP contribution in [-0.4, -0.2) is 71.0 Å². The number of hydrogen-bond donors (Lipinski definition) is 2. The third-order valence-electron chi connectivity index (χ3n) is 2.69. The molecular weight excluding hydrogens is 345 g/mol. The van der Waals surface area contributed by atoms with Crippen molar-refractivity contribution in [2.45, 2.75) is 58.3 Å². The number of carboxylic acid groups (broad SMARTS) is 2. The van der Waals surface area contributed by atoms with Crippen LogP contribution < -0.4 is 0 Å². The first-order chi connectivity index (χ1) is 7.59. The first-order valence-corrected chi connectivity index (χ1v) is 6.05. The normalized spacial score (nSPS) is 10.0. The molecule has 0 aliphatic rings. The van der Waals surface area contributed by atoms with E-state index in [2.05, 4.69) is 6.92 Å². The number of carboxylic acids is 2.